The number of carbonyl (C=O) groups is 2. The Hall–Kier alpha value is -2.11. The van der Waals surface area contributed by atoms with Crippen LogP contribution in [0.15, 0.2) is 18.2 Å². The molecule has 1 unspecified atom stereocenters. The molecule has 2 amide bonds. The lowest BCUT2D eigenvalue weighted by molar-refractivity contribution is -0.139. The molecular formula is C13H17FN2O3. The van der Waals surface area contributed by atoms with Gasteiger partial charge in [-0.25, -0.2) is 14.0 Å². The Balaban J connectivity index is 2.69. The predicted molar refractivity (Wildman–Crippen MR) is 69.6 cm³/mol. The van der Waals surface area contributed by atoms with Gasteiger partial charge in [0.05, 0.1) is 5.69 Å². The number of carboxylic acid groups (broad SMARTS) is 1. The number of amides is 2. The fraction of sp³-hybridized carbons (Fsp3) is 0.385. The highest BCUT2D eigenvalue weighted by Gasteiger charge is 2.19. The first-order valence-corrected chi connectivity index (χ1v) is 6.01. The smallest absolute Gasteiger partial charge is 0.326 e. The van der Waals surface area contributed by atoms with Gasteiger partial charge in [-0.15, -0.1) is 0 Å². The predicted octanol–water partition coefficient (Wildman–Crippen LogP) is 2.51. The molecule has 0 radical (unpaired) electrons. The molecule has 0 fully saturated rings. The fourth-order valence-corrected chi connectivity index (χ4v) is 1.61. The summed E-state index contributed by atoms with van der Waals surface area (Å²) >= 11 is 0. The van der Waals surface area contributed by atoms with Gasteiger partial charge in [-0.05, 0) is 25.0 Å². The van der Waals surface area contributed by atoms with Crippen LogP contribution in [0.3, 0.4) is 0 Å². The quantitative estimate of drug-likeness (QED) is 0.767. The normalized spacial score (nSPS) is 11.7. The lowest BCUT2D eigenvalue weighted by Crippen LogP contribution is -2.43. The van der Waals surface area contributed by atoms with Gasteiger partial charge in [0.1, 0.15) is 11.9 Å². The molecule has 0 aromatic heterocycles. The molecule has 1 rings (SSSR count). The van der Waals surface area contributed by atoms with Crippen LogP contribution in [0.5, 0.6) is 0 Å². The molecule has 0 heterocycles. The van der Waals surface area contributed by atoms with Gasteiger partial charge in [0.25, 0.3) is 0 Å². The van der Waals surface area contributed by atoms with Gasteiger partial charge in [0.2, 0.25) is 0 Å². The van der Waals surface area contributed by atoms with E-state index in [0.29, 0.717) is 18.4 Å². The largest absolute Gasteiger partial charge is 0.480 e. The SMILES string of the molecule is CCCC(NC(=O)Nc1cccc(C)c1F)C(=O)O. The van der Waals surface area contributed by atoms with Crippen molar-refractivity contribution < 1.29 is 19.1 Å². The number of aliphatic carboxylic acids is 1. The second-order valence-electron chi connectivity index (χ2n) is 4.21. The first-order chi connectivity index (χ1) is 8.95. The van der Waals surface area contributed by atoms with Gasteiger partial charge in [0.15, 0.2) is 0 Å². The summed E-state index contributed by atoms with van der Waals surface area (Å²) in [6.45, 7) is 3.39. The van der Waals surface area contributed by atoms with E-state index in [1.807, 2.05) is 6.92 Å². The molecule has 0 spiro atoms. The van der Waals surface area contributed by atoms with Crippen LogP contribution in [0.4, 0.5) is 14.9 Å². The molecule has 1 atom stereocenters. The first-order valence-electron chi connectivity index (χ1n) is 6.01. The topological polar surface area (TPSA) is 78.4 Å². The van der Waals surface area contributed by atoms with Gasteiger partial charge in [-0.1, -0.05) is 25.5 Å². The maximum absolute atomic E-state index is 13.6. The molecule has 104 valence electrons. The number of hydrogen-bond acceptors (Lipinski definition) is 2. The minimum absolute atomic E-state index is 0.0261. The molecule has 0 aliphatic heterocycles. The van der Waals surface area contributed by atoms with Crippen LogP contribution in [-0.2, 0) is 4.79 Å². The van der Waals surface area contributed by atoms with Crippen molar-refractivity contribution in [2.75, 3.05) is 5.32 Å². The highest BCUT2D eigenvalue weighted by Crippen LogP contribution is 2.16. The van der Waals surface area contributed by atoms with E-state index in [-0.39, 0.29) is 5.69 Å². The molecule has 3 N–H and O–H groups in total. The number of nitrogens with one attached hydrogen (secondary N) is 2. The summed E-state index contributed by atoms with van der Waals surface area (Å²) in [5, 5.41) is 13.5. The maximum atomic E-state index is 13.6. The van der Waals surface area contributed by atoms with E-state index in [0.717, 1.165) is 0 Å². The molecule has 1 aromatic rings. The minimum atomic E-state index is -1.11. The molecule has 0 saturated carbocycles. The highest BCUT2D eigenvalue weighted by molar-refractivity contribution is 5.92. The zero-order valence-corrected chi connectivity index (χ0v) is 10.9. The van der Waals surface area contributed by atoms with Crippen LogP contribution in [0, 0.1) is 12.7 Å². The van der Waals surface area contributed by atoms with Crippen LogP contribution < -0.4 is 10.6 Å². The summed E-state index contributed by atoms with van der Waals surface area (Å²) in [4.78, 5) is 22.5. The number of hydrogen-bond donors (Lipinski definition) is 3. The molecule has 0 bridgehead atoms. The van der Waals surface area contributed by atoms with E-state index in [9.17, 15) is 14.0 Å². The van der Waals surface area contributed by atoms with Gasteiger partial charge < -0.3 is 15.7 Å². The van der Waals surface area contributed by atoms with Crippen molar-refractivity contribution in [3.63, 3.8) is 0 Å². The maximum Gasteiger partial charge on any atom is 0.326 e. The van der Waals surface area contributed by atoms with Crippen molar-refractivity contribution in [3.8, 4) is 0 Å². The van der Waals surface area contributed by atoms with Crippen molar-refractivity contribution in [2.45, 2.75) is 32.7 Å². The van der Waals surface area contributed by atoms with Crippen molar-refractivity contribution in [1.82, 2.24) is 5.32 Å². The molecule has 5 nitrogen and oxygen atoms in total. The van der Waals surface area contributed by atoms with Crippen LogP contribution >= 0.6 is 0 Å². The van der Waals surface area contributed by atoms with E-state index in [2.05, 4.69) is 10.6 Å². The number of carbonyl (C=O) groups excluding carboxylic acids is 1. The molecule has 0 aliphatic rings. The van der Waals surface area contributed by atoms with Crippen LogP contribution in [0.25, 0.3) is 0 Å². The average Bonchev–Trinajstić information content (AvgIpc) is 2.34. The molecule has 1 aromatic carbocycles. The Labute approximate surface area is 110 Å². The summed E-state index contributed by atoms with van der Waals surface area (Å²) in [5.74, 6) is -1.64. The van der Waals surface area contributed by atoms with Crippen molar-refractivity contribution >= 4 is 17.7 Å². The lowest BCUT2D eigenvalue weighted by Gasteiger charge is -2.14. The number of rotatable bonds is 5. The molecule has 6 heteroatoms. The third-order valence-electron chi connectivity index (χ3n) is 2.62. The minimum Gasteiger partial charge on any atom is -0.480 e. The Morgan fingerprint density at radius 2 is 2.11 bits per heavy atom. The second-order valence-corrected chi connectivity index (χ2v) is 4.21. The molecular weight excluding hydrogens is 251 g/mol. The summed E-state index contributed by atoms with van der Waals surface area (Å²) in [6.07, 6.45) is 0.940. The van der Waals surface area contributed by atoms with E-state index in [4.69, 9.17) is 5.11 Å². The number of halogens is 1. The first kappa shape index (κ1) is 14.9. The lowest BCUT2D eigenvalue weighted by atomic mass is 10.2. The zero-order valence-electron chi connectivity index (χ0n) is 10.9. The zero-order chi connectivity index (χ0) is 14.4. The molecule has 19 heavy (non-hydrogen) atoms. The Bertz CT molecular complexity index is 477. The average molecular weight is 268 g/mol. The van der Waals surface area contributed by atoms with Crippen LogP contribution in [-0.4, -0.2) is 23.1 Å². The summed E-state index contributed by atoms with van der Waals surface area (Å²) < 4.78 is 13.6. The third kappa shape index (κ3) is 4.24. The van der Waals surface area contributed by atoms with E-state index in [1.165, 1.54) is 6.07 Å². The number of urea groups is 1. The monoisotopic (exact) mass is 268 g/mol. The Kier molecular flexibility index (Phi) is 5.29. The van der Waals surface area contributed by atoms with Crippen LogP contribution in [0.2, 0.25) is 0 Å². The van der Waals surface area contributed by atoms with Gasteiger partial charge >= 0.3 is 12.0 Å². The Morgan fingerprint density at radius 1 is 1.42 bits per heavy atom. The molecule has 0 aliphatic carbocycles. The standard InChI is InChI=1S/C13H17FN2O3/c1-3-5-10(12(17)18)16-13(19)15-9-7-4-6-8(2)11(9)14/h4,6-7,10H,3,5H2,1-2H3,(H,17,18)(H2,15,16,19). The summed E-state index contributed by atoms with van der Waals surface area (Å²) in [7, 11) is 0. The number of benzene rings is 1. The van der Waals surface area contributed by atoms with E-state index < -0.39 is 23.9 Å². The number of carboxylic acids is 1. The summed E-state index contributed by atoms with van der Waals surface area (Å²) in [6, 6.07) is 2.89. The number of aryl methyl sites for hydroxylation is 1. The van der Waals surface area contributed by atoms with Gasteiger partial charge in [-0.3, -0.25) is 0 Å². The van der Waals surface area contributed by atoms with E-state index >= 15 is 0 Å². The van der Waals surface area contributed by atoms with Crippen LogP contribution in [0.1, 0.15) is 25.3 Å². The van der Waals surface area contributed by atoms with Gasteiger partial charge in [0, 0.05) is 0 Å². The number of anilines is 1. The second kappa shape index (κ2) is 6.72. The van der Waals surface area contributed by atoms with Crippen molar-refractivity contribution in [3.05, 3.63) is 29.6 Å². The van der Waals surface area contributed by atoms with Crippen molar-refractivity contribution in [2.24, 2.45) is 0 Å². The van der Waals surface area contributed by atoms with Crippen molar-refractivity contribution in [1.29, 1.82) is 0 Å². The summed E-state index contributed by atoms with van der Waals surface area (Å²) in [5.41, 5.74) is 0.430. The third-order valence-corrected chi connectivity index (χ3v) is 2.62. The molecule has 0 saturated heterocycles. The van der Waals surface area contributed by atoms with Gasteiger partial charge in [-0.2, -0.15) is 0 Å². The fourth-order valence-electron chi connectivity index (χ4n) is 1.61. The van der Waals surface area contributed by atoms with E-state index in [1.54, 1.807) is 19.1 Å². The highest BCUT2D eigenvalue weighted by atomic mass is 19.1. The Morgan fingerprint density at radius 3 is 2.68 bits per heavy atom.